The van der Waals surface area contributed by atoms with Crippen molar-refractivity contribution in [1.82, 2.24) is 4.98 Å². The second kappa shape index (κ2) is 6.28. The Balaban J connectivity index is 2.26. The molecule has 3 heteroatoms. The molecule has 1 N–H and O–H groups in total. The van der Waals surface area contributed by atoms with Crippen LogP contribution in [0.5, 0.6) is 5.75 Å². The molecule has 1 saturated carbocycles. The molecule has 0 radical (unpaired) electrons. The number of pyridine rings is 1. The molecule has 1 aliphatic carbocycles. The smallest absolute Gasteiger partial charge is 0.152 e. The summed E-state index contributed by atoms with van der Waals surface area (Å²) in [5.74, 6) is 7.08. The van der Waals surface area contributed by atoms with E-state index in [1.165, 1.54) is 12.8 Å². The van der Waals surface area contributed by atoms with Crippen LogP contribution in [-0.2, 0) is 6.42 Å². The van der Waals surface area contributed by atoms with Crippen LogP contribution in [0.2, 0.25) is 0 Å². The van der Waals surface area contributed by atoms with Crippen molar-refractivity contribution in [2.45, 2.75) is 51.6 Å². The molecule has 1 aromatic rings. The molecule has 0 saturated heterocycles. The summed E-state index contributed by atoms with van der Waals surface area (Å²) in [6, 6.07) is 1.94. The number of methoxy groups -OCH3 is 1. The van der Waals surface area contributed by atoms with Crippen LogP contribution < -0.4 is 4.74 Å². The zero-order chi connectivity index (χ0) is 14.6. The van der Waals surface area contributed by atoms with Crippen LogP contribution in [-0.4, -0.2) is 22.8 Å². The van der Waals surface area contributed by atoms with E-state index < -0.39 is 5.60 Å². The molecule has 0 bridgehead atoms. The SMILES string of the molecule is CCc1cc(C#CC(C)(O)C2CCCC2)c(OC)cn1. The molecule has 108 valence electrons. The molecular formula is C17H23NO2. The van der Waals surface area contributed by atoms with Gasteiger partial charge in [-0.25, -0.2) is 0 Å². The van der Waals surface area contributed by atoms with Gasteiger partial charge in [0, 0.05) is 5.69 Å². The van der Waals surface area contributed by atoms with Crippen LogP contribution in [0.1, 0.15) is 50.8 Å². The number of aliphatic hydroxyl groups is 1. The van der Waals surface area contributed by atoms with Crippen LogP contribution in [0.15, 0.2) is 12.3 Å². The lowest BCUT2D eigenvalue weighted by atomic mass is 9.88. The van der Waals surface area contributed by atoms with Gasteiger partial charge in [0.05, 0.1) is 18.9 Å². The minimum atomic E-state index is -0.919. The van der Waals surface area contributed by atoms with E-state index in [1.54, 1.807) is 13.3 Å². The number of hydrogen-bond donors (Lipinski definition) is 1. The van der Waals surface area contributed by atoms with Crippen LogP contribution in [0, 0.1) is 17.8 Å². The monoisotopic (exact) mass is 273 g/mol. The fraction of sp³-hybridized carbons (Fsp3) is 0.588. The maximum atomic E-state index is 10.5. The third-order valence-electron chi connectivity index (χ3n) is 4.11. The second-order valence-electron chi connectivity index (χ2n) is 5.61. The molecule has 0 amide bonds. The van der Waals surface area contributed by atoms with Crippen LogP contribution in [0.4, 0.5) is 0 Å². The molecule has 1 unspecified atom stereocenters. The van der Waals surface area contributed by atoms with Crippen molar-refractivity contribution in [1.29, 1.82) is 0 Å². The molecule has 0 aliphatic heterocycles. The largest absolute Gasteiger partial charge is 0.494 e. The van der Waals surface area contributed by atoms with Gasteiger partial charge in [0.15, 0.2) is 5.75 Å². The van der Waals surface area contributed by atoms with E-state index in [9.17, 15) is 5.11 Å². The predicted molar refractivity (Wildman–Crippen MR) is 79.6 cm³/mol. The Morgan fingerprint density at radius 2 is 2.15 bits per heavy atom. The van der Waals surface area contributed by atoms with Gasteiger partial charge in [0.2, 0.25) is 0 Å². The maximum Gasteiger partial charge on any atom is 0.152 e. The normalized spacial score (nSPS) is 18.2. The molecule has 0 aromatic carbocycles. The molecule has 1 heterocycles. The maximum absolute atomic E-state index is 10.5. The first-order chi connectivity index (χ1) is 9.56. The van der Waals surface area contributed by atoms with E-state index in [1.807, 2.05) is 13.0 Å². The average molecular weight is 273 g/mol. The predicted octanol–water partition coefficient (Wildman–Crippen LogP) is 2.95. The van der Waals surface area contributed by atoms with Crippen molar-refractivity contribution in [2.24, 2.45) is 5.92 Å². The number of ether oxygens (including phenoxy) is 1. The van der Waals surface area contributed by atoms with E-state index in [-0.39, 0.29) is 5.92 Å². The first kappa shape index (κ1) is 14.9. The minimum Gasteiger partial charge on any atom is -0.494 e. The van der Waals surface area contributed by atoms with Gasteiger partial charge in [-0.3, -0.25) is 4.98 Å². The Morgan fingerprint density at radius 1 is 1.45 bits per heavy atom. The van der Waals surface area contributed by atoms with Gasteiger partial charge in [-0.1, -0.05) is 31.6 Å². The third kappa shape index (κ3) is 3.32. The molecule has 3 nitrogen and oxygen atoms in total. The van der Waals surface area contributed by atoms with Gasteiger partial charge in [-0.2, -0.15) is 0 Å². The standard InChI is InChI=1S/C17H23NO2/c1-4-15-11-13(16(20-3)12-18-15)9-10-17(2,19)14-7-5-6-8-14/h11-12,14,19H,4-8H2,1-3H3. The molecule has 1 atom stereocenters. The fourth-order valence-electron chi connectivity index (χ4n) is 2.72. The van der Waals surface area contributed by atoms with Crippen molar-refractivity contribution in [3.63, 3.8) is 0 Å². The van der Waals surface area contributed by atoms with Crippen LogP contribution in [0.3, 0.4) is 0 Å². The van der Waals surface area contributed by atoms with Gasteiger partial charge < -0.3 is 9.84 Å². The van der Waals surface area contributed by atoms with Gasteiger partial charge in [-0.15, -0.1) is 0 Å². The van der Waals surface area contributed by atoms with E-state index in [0.717, 1.165) is 30.5 Å². The first-order valence-corrected chi connectivity index (χ1v) is 7.35. The summed E-state index contributed by atoms with van der Waals surface area (Å²) in [4.78, 5) is 4.30. The Bertz CT molecular complexity index is 520. The highest BCUT2D eigenvalue weighted by molar-refractivity contribution is 5.46. The lowest BCUT2D eigenvalue weighted by Gasteiger charge is -2.23. The van der Waals surface area contributed by atoms with Gasteiger partial charge >= 0.3 is 0 Å². The molecule has 0 spiro atoms. The molecule has 20 heavy (non-hydrogen) atoms. The highest BCUT2D eigenvalue weighted by atomic mass is 16.5. The van der Waals surface area contributed by atoms with E-state index >= 15 is 0 Å². The minimum absolute atomic E-state index is 0.286. The lowest BCUT2D eigenvalue weighted by molar-refractivity contribution is 0.0589. The Labute approximate surface area is 121 Å². The van der Waals surface area contributed by atoms with Crippen molar-refractivity contribution in [3.05, 3.63) is 23.5 Å². The highest BCUT2D eigenvalue weighted by Gasteiger charge is 2.32. The zero-order valence-electron chi connectivity index (χ0n) is 12.6. The number of aromatic nitrogens is 1. The number of aryl methyl sites for hydroxylation is 1. The van der Waals surface area contributed by atoms with E-state index in [4.69, 9.17) is 4.74 Å². The van der Waals surface area contributed by atoms with E-state index in [0.29, 0.717) is 5.75 Å². The van der Waals surface area contributed by atoms with Gasteiger partial charge in [0.25, 0.3) is 0 Å². The molecule has 1 aliphatic rings. The molecule has 2 rings (SSSR count). The first-order valence-electron chi connectivity index (χ1n) is 7.35. The molecule has 1 aromatic heterocycles. The lowest BCUT2D eigenvalue weighted by Crippen LogP contribution is -2.30. The topological polar surface area (TPSA) is 42.4 Å². The summed E-state index contributed by atoms with van der Waals surface area (Å²) in [6.07, 6.45) is 7.08. The Morgan fingerprint density at radius 3 is 2.75 bits per heavy atom. The average Bonchev–Trinajstić information content (AvgIpc) is 3.00. The van der Waals surface area contributed by atoms with Crippen molar-refractivity contribution in [3.8, 4) is 17.6 Å². The Hall–Kier alpha value is -1.53. The summed E-state index contributed by atoms with van der Waals surface area (Å²) >= 11 is 0. The summed E-state index contributed by atoms with van der Waals surface area (Å²) in [7, 11) is 1.61. The second-order valence-corrected chi connectivity index (χ2v) is 5.61. The summed E-state index contributed by atoms with van der Waals surface area (Å²) in [5, 5.41) is 10.5. The summed E-state index contributed by atoms with van der Waals surface area (Å²) < 4.78 is 5.29. The van der Waals surface area contributed by atoms with Crippen molar-refractivity contribution < 1.29 is 9.84 Å². The van der Waals surface area contributed by atoms with Crippen LogP contribution in [0.25, 0.3) is 0 Å². The zero-order valence-corrected chi connectivity index (χ0v) is 12.6. The number of nitrogens with zero attached hydrogens (tertiary/aromatic N) is 1. The molecule has 1 fully saturated rings. The number of rotatable bonds is 3. The summed E-state index contributed by atoms with van der Waals surface area (Å²) in [5.41, 5.74) is 0.866. The quantitative estimate of drug-likeness (QED) is 0.861. The fourth-order valence-corrected chi connectivity index (χ4v) is 2.72. The van der Waals surface area contributed by atoms with Gasteiger partial charge in [-0.05, 0) is 38.2 Å². The Kier molecular flexibility index (Phi) is 4.67. The third-order valence-corrected chi connectivity index (χ3v) is 4.11. The number of hydrogen-bond acceptors (Lipinski definition) is 3. The van der Waals surface area contributed by atoms with E-state index in [2.05, 4.69) is 23.7 Å². The molecular weight excluding hydrogens is 250 g/mol. The van der Waals surface area contributed by atoms with Gasteiger partial charge in [0.1, 0.15) is 5.60 Å². The van der Waals surface area contributed by atoms with Crippen molar-refractivity contribution >= 4 is 0 Å². The summed E-state index contributed by atoms with van der Waals surface area (Å²) in [6.45, 7) is 3.88. The van der Waals surface area contributed by atoms with Crippen molar-refractivity contribution in [2.75, 3.05) is 7.11 Å². The highest BCUT2D eigenvalue weighted by Crippen LogP contribution is 2.33. The van der Waals surface area contributed by atoms with Crippen LogP contribution >= 0.6 is 0 Å².